The molecule has 0 aliphatic rings. The van der Waals surface area contributed by atoms with Gasteiger partial charge in [-0.2, -0.15) is 4.99 Å². The third kappa shape index (κ3) is 3.52. The van der Waals surface area contributed by atoms with Crippen LogP contribution in [0.3, 0.4) is 0 Å². The van der Waals surface area contributed by atoms with Crippen molar-refractivity contribution in [2.45, 2.75) is 6.54 Å². The SMILES string of the molecule is NC(N)=NC(=O)NCc1cc(F)ccc1F. The van der Waals surface area contributed by atoms with Gasteiger partial charge in [0.2, 0.25) is 0 Å². The van der Waals surface area contributed by atoms with Crippen LogP contribution in [0.2, 0.25) is 0 Å². The Bertz CT molecular complexity index is 430. The highest BCUT2D eigenvalue weighted by Gasteiger charge is 2.05. The molecule has 0 saturated carbocycles. The first-order valence-corrected chi connectivity index (χ1v) is 4.30. The second-order valence-electron chi connectivity index (χ2n) is 2.93. The molecule has 1 rings (SSSR count). The van der Waals surface area contributed by atoms with E-state index in [1.807, 2.05) is 0 Å². The zero-order valence-corrected chi connectivity index (χ0v) is 8.21. The van der Waals surface area contributed by atoms with Gasteiger partial charge in [-0.3, -0.25) is 0 Å². The van der Waals surface area contributed by atoms with Gasteiger partial charge in [0.05, 0.1) is 0 Å². The van der Waals surface area contributed by atoms with Crippen molar-refractivity contribution in [1.82, 2.24) is 5.32 Å². The molecule has 0 atom stereocenters. The predicted octanol–water partition coefficient (Wildman–Crippen LogP) is 0.448. The van der Waals surface area contributed by atoms with Crippen LogP contribution in [0.15, 0.2) is 23.2 Å². The highest BCUT2D eigenvalue weighted by atomic mass is 19.1. The van der Waals surface area contributed by atoms with Crippen LogP contribution in [0.1, 0.15) is 5.56 Å². The lowest BCUT2D eigenvalue weighted by Crippen LogP contribution is -2.28. The molecule has 0 spiro atoms. The van der Waals surface area contributed by atoms with Crippen molar-refractivity contribution >= 4 is 12.0 Å². The number of guanidine groups is 1. The molecule has 5 N–H and O–H groups in total. The Hall–Kier alpha value is -2.18. The quantitative estimate of drug-likeness (QED) is 0.506. The molecule has 0 aliphatic heterocycles. The summed E-state index contributed by atoms with van der Waals surface area (Å²) in [7, 11) is 0. The lowest BCUT2D eigenvalue weighted by molar-refractivity contribution is 0.248. The van der Waals surface area contributed by atoms with Crippen LogP contribution in [-0.2, 0) is 6.54 Å². The monoisotopic (exact) mass is 228 g/mol. The molecule has 0 unspecified atom stereocenters. The number of carbonyl (C=O) groups is 1. The van der Waals surface area contributed by atoms with Gasteiger partial charge in [0.1, 0.15) is 11.6 Å². The van der Waals surface area contributed by atoms with Gasteiger partial charge in [0.15, 0.2) is 5.96 Å². The normalized spacial score (nSPS) is 9.62. The van der Waals surface area contributed by atoms with Gasteiger partial charge in [0.25, 0.3) is 0 Å². The van der Waals surface area contributed by atoms with E-state index in [1.54, 1.807) is 0 Å². The fraction of sp³-hybridized carbons (Fsp3) is 0.111. The third-order valence-corrected chi connectivity index (χ3v) is 1.67. The van der Waals surface area contributed by atoms with Gasteiger partial charge in [-0.15, -0.1) is 0 Å². The fourth-order valence-electron chi connectivity index (χ4n) is 1.01. The lowest BCUT2D eigenvalue weighted by atomic mass is 10.2. The Kier molecular flexibility index (Phi) is 3.76. The van der Waals surface area contributed by atoms with Crippen LogP contribution in [0.4, 0.5) is 13.6 Å². The number of hydrogen-bond donors (Lipinski definition) is 3. The summed E-state index contributed by atoms with van der Waals surface area (Å²) in [4.78, 5) is 14.1. The second kappa shape index (κ2) is 5.06. The fourth-order valence-corrected chi connectivity index (χ4v) is 1.01. The maximum atomic E-state index is 13.1. The average molecular weight is 228 g/mol. The molecule has 5 nitrogen and oxygen atoms in total. The van der Waals surface area contributed by atoms with Gasteiger partial charge >= 0.3 is 6.03 Å². The number of hydrogen-bond acceptors (Lipinski definition) is 1. The first-order valence-electron chi connectivity index (χ1n) is 4.30. The van der Waals surface area contributed by atoms with Crippen molar-refractivity contribution in [2.75, 3.05) is 0 Å². The van der Waals surface area contributed by atoms with Crippen LogP contribution in [0.25, 0.3) is 0 Å². The number of nitrogens with two attached hydrogens (primary N) is 2. The van der Waals surface area contributed by atoms with Crippen molar-refractivity contribution in [1.29, 1.82) is 0 Å². The standard InChI is InChI=1S/C9H10F2N4O/c10-6-1-2-7(11)5(3-6)4-14-9(16)15-8(12)13/h1-3H,4H2,(H5,12,13,14,15,16). The number of nitrogens with zero attached hydrogens (tertiary/aromatic N) is 1. The zero-order chi connectivity index (χ0) is 12.1. The molecule has 7 heteroatoms. The number of aliphatic imine (C=N–C) groups is 1. The molecule has 86 valence electrons. The first kappa shape index (κ1) is 11.9. The van der Waals surface area contributed by atoms with E-state index in [2.05, 4.69) is 10.3 Å². The van der Waals surface area contributed by atoms with Crippen LogP contribution in [0.5, 0.6) is 0 Å². The summed E-state index contributed by atoms with van der Waals surface area (Å²) >= 11 is 0. The molecule has 0 saturated heterocycles. The van der Waals surface area contributed by atoms with E-state index in [1.165, 1.54) is 0 Å². The number of rotatable bonds is 2. The molecule has 0 bridgehead atoms. The third-order valence-electron chi connectivity index (χ3n) is 1.67. The van der Waals surface area contributed by atoms with Crippen molar-refractivity contribution in [2.24, 2.45) is 16.5 Å². The van der Waals surface area contributed by atoms with Crippen LogP contribution in [0, 0.1) is 11.6 Å². The largest absolute Gasteiger partial charge is 0.370 e. The van der Waals surface area contributed by atoms with E-state index in [9.17, 15) is 13.6 Å². The lowest BCUT2D eigenvalue weighted by Gasteiger charge is -2.03. The molecule has 0 radical (unpaired) electrons. The summed E-state index contributed by atoms with van der Waals surface area (Å²) in [5.74, 6) is -1.61. The molecule has 1 aromatic rings. The van der Waals surface area contributed by atoms with Gasteiger partial charge in [-0.25, -0.2) is 13.6 Å². The highest BCUT2D eigenvalue weighted by molar-refractivity contribution is 5.90. The summed E-state index contributed by atoms with van der Waals surface area (Å²) in [5.41, 5.74) is 9.91. The Morgan fingerprint density at radius 1 is 1.38 bits per heavy atom. The number of benzene rings is 1. The molecule has 0 aromatic heterocycles. The summed E-state index contributed by atoms with van der Waals surface area (Å²) < 4.78 is 25.8. The number of urea groups is 1. The van der Waals surface area contributed by atoms with E-state index < -0.39 is 23.6 Å². The van der Waals surface area contributed by atoms with Gasteiger partial charge < -0.3 is 16.8 Å². The molecular formula is C9H10F2N4O. The zero-order valence-electron chi connectivity index (χ0n) is 8.21. The summed E-state index contributed by atoms with van der Waals surface area (Å²) in [6, 6.07) is 2.11. The Morgan fingerprint density at radius 2 is 2.06 bits per heavy atom. The predicted molar refractivity (Wildman–Crippen MR) is 54.4 cm³/mol. The molecule has 2 amide bonds. The number of nitrogens with one attached hydrogen (secondary N) is 1. The van der Waals surface area contributed by atoms with E-state index in [4.69, 9.17) is 11.5 Å². The Balaban J connectivity index is 2.64. The minimum absolute atomic E-state index is 0.0131. The van der Waals surface area contributed by atoms with E-state index in [-0.39, 0.29) is 12.1 Å². The van der Waals surface area contributed by atoms with Crippen LogP contribution < -0.4 is 16.8 Å². The smallest absolute Gasteiger partial charge is 0.344 e. The number of halogens is 2. The highest BCUT2D eigenvalue weighted by Crippen LogP contribution is 2.09. The van der Waals surface area contributed by atoms with Crippen molar-refractivity contribution in [3.63, 3.8) is 0 Å². The minimum Gasteiger partial charge on any atom is -0.370 e. The first-order chi connectivity index (χ1) is 7.49. The van der Waals surface area contributed by atoms with Crippen LogP contribution >= 0.6 is 0 Å². The number of amides is 2. The molecule has 0 heterocycles. The molecular weight excluding hydrogens is 218 g/mol. The number of carbonyl (C=O) groups excluding carboxylic acids is 1. The molecule has 1 aromatic carbocycles. The van der Waals surface area contributed by atoms with Crippen molar-refractivity contribution in [3.05, 3.63) is 35.4 Å². The second-order valence-corrected chi connectivity index (χ2v) is 2.93. The van der Waals surface area contributed by atoms with Gasteiger partial charge in [-0.05, 0) is 18.2 Å². The summed E-state index contributed by atoms with van der Waals surface area (Å²) in [6.45, 7) is -0.195. The van der Waals surface area contributed by atoms with Gasteiger partial charge in [-0.1, -0.05) is 0 Å². The average Bonchev–Trinajstić information content (AvgIpc) is 2.18. The maximum Gasteiger partial charge on any atom is 0.344 e. The van der Waals surface area contributed by atoms with Crippen molar-refractivity contribution < 1.29 is 13.6 Å². The molecule has 0 fully saturated rings. The molecule has 0 aliphatic carbocycles. The Morgan fingerprint density at radius 3 is 2.69 bits per heavy atom. The van der Waals surface area contributed by atoms with E-state index in [0.29, 0.717) is 0 Å². The van der Waals surface area contributed by atoms with E-state index >= 15 is 0 Å². The summed E-state index contributed by atoms with van der Waals surface area (Å²) in [5, 5.41) is 2.21. The van der Waals surface area contributed by atoms with Gasteiger partial charge in [0, 0.05) is 12.1 Å². The maximum absolute atomic E-state index is 13.1. The topological polar surface area (TPSA) is 93.5 Å². The molecule has 16 heavy (non-hydrogen) atoms. The summed E-state index contributed by atoms with van der Waals surface area (Å²) in [6.07, 6.45) is 0. The minimum atomic E-state index is -0.816. The van der Waals surface area contributed by atoms with Crippen molar-refractivity contribution in [3.8, 4) is 0 Å². The Labute approximate surface area is 90.1 Å². The van der Waals surface area contributed by atoms with Crippen LogP contribution in [-0.4, -0.2) is 12.0 Å². The van der Waals surface area contributed by atoms with E-state index in [0.717, 1.165) is 18.2 Å².